The van der Waals surface area contributed by atoms with Crippen LogP contribution in [0.4, 0.5) is 0 Å². The fourth-order valence-corrected chi connectivity index (χ4v) is 24.7. The topological polar surface area (TPSA) is 184 Å². The second-order valence-electron chi connectivity index (χ2n) is 9.27. The van der Waals surface area contributed by atoms with E-state index < -0.39 is 63.1 Å². The first-order valence-corrected chi connectivity index (χ1v) is 34.1. The Labute approximate surface area is 362 Å². The molecule has 0 fully saturated rings. The predicted octanol–water partition coefficient (Wildman–Crippen LogP) is 1.47. The first-order chi connectivity index (χ1) is 20.1. The number of hydrogen-bond donors (Lipinski definition) is 0. The van der Waals surface area contributed by atoms with Gasteiger partial charge in [0.15, 0.2) is 0 Å². The maximum Gasteiger partial charge on any atom is 4.00 e. The van der Waals surface area contributed by atoms with E-state index in [4.69, 9.17) is 0 Å². The van der Waals surface area contributed by atoms with Gasteiger partial charge >= 0.3 is 63.2 Å². The second-order valence-corrected chi connectivity index (χ2v) is 40.3. The summed E-state index contributed by atoms with van der Waals surface area (Å²) >= 11 is 17.8. The maximum atomic E-state index is 11.0. The van der Waals surface area contributed by atoms with Gasteiger partial charge in [0.05, 0.1) is 0 Å². The fraction of sp³-hybridized carbons (Fsp3) is 1.00. The normalized spacial score (nSPS) is 11.7. The van der Waals surface area contributed by atoms with Crippen LogP contribution >= 0.6 is 22.8 Å². The van der Waals surface area contributed by atoms with E-state index in [-0.39, 0.29) is 63.2 Å². The van der Waals surface area contributed by atoms with Crippen LogP contribution in [0.5, 0.6) is 0 Å². The van der Waals surface area contributed by atoms with Crippen LogP contribution in [-0.4, -0.2) is 46.0 Å². The molecule has 0 aromatic heterocycles. The van der Waals surface area contributed by atoms with Gasteiger partial charge in [-0.05, 0) is 97.4 Å². The van der Waals surface area contributed by atoms with Gasteiger partial charge in [0, 0.05) is 0 Å². The minimum Gasteiger partial charge on any atom is -0.854 e. The van der Waals surface area contributed by atoms with Gasteiger partial charge in [-0.15, -0.1) is 0 Å². The van der Waals surface area contributed by atoms with E-state index in [1.54, 1.807) is 0 Å². The fourth-order valence-electron chi connectivity index (χ4n) is 3.19. The van der Waals surface area contributed by atoms with Crippen LogP contribution in [0, 0.1) is 0 Å². The summed E-state index contributed by atoms with van der Waals surface area (Å²) in [6, 6.07) is 0. The van der Waals surface area contributed by atoms with Crippen LogP contribution in [0.2, 0.25) is 0 Å². The molecule has 0 heterocycles. The van der Waals surface area contributed by atoms with Gasteiger partial charge < -0.3 is 111 Å². The third kappa shape index (κ3) is 44.8. The molecular formula is C24H56Mo3O8P4S8. The number of rotatable bonds is 16. The zero-order valence-corrected chi connectivity index (χ0v) is 45.0. The maximum absolute atomic E-state index is 11.0. The average Bonchev–Trinajstić information content (AvgIpc) is 2.87. The molecule has 0 amide bonds. The molecule has 47 heavy (non-hydrogen) atoms. The Morgan fingerprint density at radius 2 is 0.383 bits per heavy atom. The van der Waals surface area contributed by atoms with Crippen LogP contribution in [0.15, 0.2) is 0 Å². The molecule has 0 atom stereocenters. The Bertz CT molecular complexity index is 759. The van der Waals surface area contributed by atoms with Gasteiger partial charge in [0.1, 0.15) is 0 Å². The molecule has 0 saturated carbocycles. The van der Waals surface area contributed by atoms with E-state index in [0.29, 0.717) is 0 Å². The van der Waals surface area contributed by atoms with Crippen molar-refractivity contribution < 1.29 is 102 Å². The molecule has 286 valence electrons. The van der Waals surface area contributed by atoms with Crippen molar-refractivity contribution in [3.8, 4) is 0 Å². The molecule has 0 rings (SSSR count). The van der Waals surface area contributed by atoms with Crippen LogP contribution in [-0.2, 0) is 152 Å². The molecule has 0 aromatic rings. The summed E-state index contributed by atoms with van der Waals surface area (Å²) in [5.74, 6) is 5.99. The molecule has 0 unspecified atom stereocenters. The van der Waals surface area contributed by atoms with E-state index >= 15 is 0 Å². The Kier molecular flexibility index (Phi) is 58.5. The van der Waals surface area contributed by atoms with Crippen LogP contribution in [0.1, 0.15) is 107 Å². The van der Waals surface area contributed by atoms with Gasteiger partial charge in [-0.3, -0.25) is 0 Å². The summed E-state index contributed by atoms with van der Waals surface area (Å²) < 4.78 is 0. The van der Waals surface area contributed by atoms with Gasteiger partial charge in [-0.25, -0.2) is 40.3 Å². The third-order valence-electron chi connectivity index (χ3n) is 4.78. The molecule has 0 spiro atoms. The monoisotopic (exact) mass is 1150 g/mol. The van der Waals surface area contributed by atoms with E-state index in [0.717, 1.165) is 97.4 Å². The molecule has 23 heteroatoms. The Hall–Kier alpha value is 6.26. The summed E-state index contributed by atoms with van der Waals surface area (Å²) in [7, 11) is -2.11. The SMILES string of the molecule is CCCS(CCC)=P([O-])([O-])[S-].CCCS(CCC)=P([O-])([O-])[S-].CCCS(CCC)=P([O-])([O-])[S-].CCCS(CCC)=P([O-])([O-])[S-].[Mo+4].[Mo+4].[Mo+4]. The van der Waals surface area contributed by atoms with E-state index in [1.807, 2.05) is 55.4 Å². The summed E-state index contributed by atoms with van der Waals surface area (Å²) in [4.78, 5) is 87.7. The smallest absolute Gasteiger partial charge is 0.854 e. The zero-order chi connectivity index (χ0) is 35.6. The predicted molar refractivity (Wildman–Crippen MR) is 208 cm³/mol. The minimum atomic E-state index is -3.45. The van der Waals surface area contributed by atoms with Gasteiger partial charge in [-0.1, -0.05) is 55.4 Å². The van der Waals surface area contributed by atoms with E-state index in [9.17, 15) is 39.1 Å². The van der Waals surface area contributed by atoms with Crippen molar-refractivity contribution in [2.75, 3.05) is 46.0 Å². The molecule has 0 saturated heterocycles. The van der Waals surface area contributed by atoms with Crippen molar-refractivity contribution in [1.29, 1.82) is 0 Å². The average molecular weight is 1140 g/mol. The zero-order valence-electron chi connectivity index (χ0n) is 28.9. The third-order valence-corrected chi connectivity index (χ3v) is 33.9. The van der Waals surface area contributed by atoms with Crippen LogP contribution in [0.25, 0.3) is 0 Å². The van der Waals surface area contributed by atoms with Crippen molar-refractivity contribution in [2.24, 2.45) is 0 Å². The molecule has 0 aliphatic rings. The van der Waals surface area contributed by atoms with Gasteiger partial charge in [0.25, 0.3) is 0 Å². The second kappa shape index (κ2) is 40.5. The number of hydrogen-bond acceptors (Lipinski definition) is 12. The Morgan fingerprint density at radius 1 is 0.298 bits per heavy atom. The van der Waals surface area contributed by atoms with Crippen molar-refractivity contribution in [3.05, 3.63) is 0 Å². The van der Waals surface area contributed by atoms with E-state index in [2.05, 4.69) is 49.0 Å². The molecule has 0 radical (unpaired) electrons. The van der Waals surface area contributed by atoms with Crippen molar-refractivity contribution >= 4 is 112 Å². The summed E-state index contributed by atoms with van der Waals surface area (Å²) in [5, 5.41) is 0. The standard InChI is InChI=1S/4C6H14O2PS2.3Mo/c4*1-3-5-11(6-4-2)9(7,8)10;;;/h4*3-6H2,1-2H3;;;/q4*-3;3*+4. The van der Waals surface area contributed by atoms with Gasteiger partial charge in [0.2, 0.25) is 0 Å². The van der Waals surface area contributed by atoms with E-state index in [1.165, 1.54) is 0 Å². The molecular weight excluding hydrogens is 1080 g/mol. The van der Waals surface area contributed by atoms with Crippen molar-refractivity contribution in [3.63, 3.8) is 0 Å². The van der Waals surface area contributed by atoms with Crippen LogP contribution in [0.3, 0.4) is 0 Å². The molecule has 0 aromatic carbocycles. The molecule has 0 aliphatic carbocycles. The van der Waals surface area contributed by atoms with Crippen LogP contribution < -0.4 is 39.1 Å². The molecule has 0 N–H and O–H groups in total. The van der Waals surface area contributed by atoms with Crippen molar-refractivity contribution in [1.82, 2.24) is 0 Å². The Balaban J connectivity index is -0.0000000889. The summed E-state index contributed by atoms with van der Waals surface area (Å²) in [5.41, 5.74) is -13.8. The first kappa shape index (κ1) is 68.0. The largest absolute Gasteiger partial charge is 4.00 e. The van der Waals surface area contributed by atoms with Gasteiger partial charge in [-0.2, -0.15) is 0 Å². The quantitative estimate of drug-likeness (QED) is 0.124. The molecule has 0 bridgehead atoms. The Morgan fingerprint density at radius 3 is 0.426 bits per heavy atom. The first-order valence-electron chi connectivity index (χ1n) is 14.9. The summed E-state index contributed by atoms with van der Waals surface area (Å²) in [6.07, 6.45) is 7.27. The molecule has 0 aliphatic heterocycles. The van der Waals surface area contributed by atoms with Crippen molar-refractivity contribution in [2.45, 2.75) is 107 Å². The minimum absolute atomic E-state index is 0. The summed E-state index contributed by atoms with van der Waals surface area (Å²) in [6.45, 7) is 15.9. The molecule has 8 nitrogen and oxygen atoms in total.